The summed E-state index contributed by atoms with van der Waals surface area (Å²) in [5, 5.41) is 0. The van der Waals surface area contributed by atoms with Crippen LogP contribution in [0.3, 0.4) is 0 Å². The lowest BCUT2D eigenvalue weighted by molar-refractivity contribution is -0.0209. The molecule has 15 heavy (non-hydrogen) atoms. The first-order chi connectivity index (χ1) is 7.31. The van der Waals surface area contributed by atoms with Gasteiger partial charge < -0.3 is 4.74 Å². The molecule has 2 unspecified atom stereocenters. The van der Waals surface area contributed by atoms with Gasteiger partial charge >= 0.3 is 0 Å². The highest BCUT2D eigenvalue weighted by Crippen LogP contribution is 2.34. The van der Waals surface area contributed by atoms with Gasteiger partial charge in [-0.05, 0) is 30.5 Å². The highest BCUT2D eigenvalue weighted by molar-refractivity contribution is 6.18. The Morgan fingerprint density at radius 3 is 3.07 bits per heavy atom. The summed E-state index contributed by atoms with van der Waals surface area (Å²) < 4.78 is 18.7. The number of hydrogen-bond donors (Lipinski definition) is 0. The van der Waals surface area contributed by atoms with Gasteiger partial charge in [-0.15, -0.1) is 11.6 Å². The van der Waals surface area contributed by atoms with E-state index in [1.54, 1.807) is 6.07 Å². The van der Waals surface area contributed by atoms with E-state index in [4.69, 9.17) is 16.3 Å². The molecule has 3 heteroatoms. The van der Waals surface area contributed by atoms with Gasteiger partial charge in [0.05, 0.1) is 6.10 Å². The fourth-order valence-electron chi connectivity index (χ4n) is 2.05. The SMILES string of the molecule is Fc1cccc(C2OCCCC2CCl)c1. The van der Waals surface area contributed by atoms with Crippen LogP contribution in [0.15, 0.2) is 24.3 Å². The predicted octanol–water partition coefficient (Wildman–Crippen LogP) is 3.53. The van der Waals surface area contributed by atoms with Crippen molar-refractivity contribution in [2.45, 2.75) is 18.9 Å². The Balaban J connectivity index is 2.20. The van der Waals surface area contributed by atoms with Crippen molar-refractivity contribution >= 4 is 11.6 Å². The van der Waals surface area contributed by atoms with Gasteiger partial charge in [0.15, 0.2) is 0 Å². The fourth-order valence-corrected chi connectivity index (χ4v) is 2.37. The van der Waals surface area contributed by atoms with Gasteiger partial charge in [-0.1, -0.05) is 12.1 Å². The summed E-state index contributed by atoms with van der Waals surface area (Å²) >= 11 is 5.89. The van der Waals surface area contributed by atoms with Crippen LogP contribution in [0.4, 0.5) is 4.39 Å². The molecular weight excluding hydrogens is 215 g/mol. The van der Waals surface area contributed by atoms with E-state index in [1.165, 1.54) is 12.1 Å². The van der Waals surface area contributed by atoms with E-state index in [9.17, 15) is 4.39 Å². The second-order valence-electron chi connectivity index (χ2n) is 3.90. The van der Waals surface area contributed by atoms with Crippen LogP contribution in [-0.4, -0.2) is 12.5 Å². The smallest absolute Gasteiger partial charge is 0.123 e. The van der Waals surface area contributed by atoms with Crippen molar-refractivity contribution in [1.29, 1.82) is 0 Å². The van der Waals surface area contributed by atoms with Crippen molar-refractivity contribution in [2.24, 2.45) is 5.92 Å². The first-order valence-electron chi connectivity index (χ1n) is 5.24. The third-order valence-corrected chi connectivity index (χ3v) is 3.22. The molecule has 0 aliphatic carbocycles. The van der Waals surface area contributed by atoms with Gasteiger partial charge in [0.2, 0.25) is 0 Å². The second-order valence-corrected chi connectivity index (χ2v) is 4.21. The van der Waals surface area contributed by atoms with E-state index in [-0.39, 0.29) is 11.9 Å². The maximum absolute atomic E-state index is 13.1. The highest BCUT2D eigenvalue weighted by atomic mass is 35.5. The van der Waals surface area contributed by atoms with Gasteiger partial charge in [0, 0.05) is 18.4 Å². The third kappa shape index (κ3) is 2.50. The molecule has 1 aliphatic rings. The predicted molar refractivity (Wildman–Crippen MR) is 58.5 cm³/mol. The monoisotopic (exact) mass is 228 g/mol. The lowest BCUT2D eigenvalue weighted by atomic mass is 9.91. The van der Waals surface area contributed by atoms with Crippen LogP contribution in [0.2, 0.25) is 0 Å². The normalized spacial score (nSPS) is 26.5. The van der Waals surface area contributed by atoms with Crippen LogP contribution in [0.25, 0.3) is 0 Å². The molecule has 0 N–H and O–H groups in total. The molecule has 0 spiro atoms. The van der Waals surface area contributed by atoms with E-state index >= 15 is 0 Å². The Bertz CT molecular complexity index is 329. The summed E-state index contributed by atoms with van der Waals surface area (Å²) in [5.74, 6) is 0.665. The molecule has 1 nitrogen and oxygen atoms in total. The number of halogens is 2. The summed E-state index contributed by atoms with van der Waals surface area (Å²) in [6, 6.07) is 6.60. The van der Waals surface area contributed by atoms with E-state index in [0.717, 1.165) is 25.0 Å². The number of benzene rings is 1. The second kappa shape index (κ2) is 4.95. The summed E-state index contributed by atoms with van der Waals surface area (Å²) in [4.78, 5) is 0. The number of ether oxygens (including phenoxy) is 1. The quantitative estimate of drug-likeness (QED) is 0.704. The molecule has 2 atom stereocenters. The highest BCUT2D eigenvalue weighted by Gasteiger charge is 2.26. The average Bonchev–Trinajstić information content (AvgIpc) is 2.29. The number of alkyl halides is 1. The molecule has 0 saturated carbocycles. The molecule has 82 valence electrons. The molecule has 1 saturated heterocycles. The third-order valence-electron chi connectivity index (χ3n) is 2.82. The van der Waals surface area contributed by atoms with E-state index < -0.39 is 0 Å². The summed E-state index contributed by atoms with van der Waals surface area (Å²) in [6.45, 7) is 0.745. The molecule has 1 aromatic rings. The number of hydrogen-bond acceptors (Lipinski definition) is 1. The molecule has 0 amide bonds. The van der Waals surface area contributed by atoms with Crippen molar-refractivity contribution in [3.05, 3.63) is 35.6 Å². The Hall–Kier alpha value is -0.600. The van der Waals surface area contributed by atoms with Crippen molar-refractivity contribution in [2.75, 3.05) is 12.5 Å². The zero-order valence-electron chi connectivity index (χ0n) is 8.46. The Morgan fingerprint density at radius 1 is 1.47 bits per heavy atom. The van der Waals surface area contributed by atoms with E-state index in [2.05, 4.69) is 0 Å². The molecule has 1 aliphatic heterocycles. The van der Waals surface area contributed by atoms with Crippen molar-refractivity contribution in [3.8, 4) is 0 Å². The minimum absolute atomic E-state index is 0.0352. The van der Waals surface area contributed by atoms with Crippen molar-refractivity contribution in [1.82, 2.24) is 0 Å². The average molecular weight is 229 g/mol. The molecular formula is C12H14ClFO. The van der Waals surface area contributed by atoms with Crippen LogP contribution in [0.1, 0.15) is 24.5 Å². The molecule has 0 aromatic heterocycles. The van der Waals surface area contributed by atoms with Crippen LogP contribution >= 0.6 is 11.6 Å². The molecule has 1 fully saturated rings. The lowest BCUT2D eigenvalue weighted by Crippen LogP contribution is -2.23. The van der Waals surface area contributed by atoms with Gasteiger partial charge in [0.25, 0.3) is 0 Å². The van der Waals surface area contributed by atoms with E-state index in [0.29, 0.717) is 11.8 Å². The molecule has 1 aromatic carbocycles. The Labute approximate surface area is 94.2 Å². The Kier molecular flexibility index (Phi) is 3.60. The maximum Gasteiger partial charge on any atom is 0.123 e. The van der Waals surface area contributed by atoms with Crippen molar-refractivity contribution < 1.29 is 9.13 Å². The van der Waals surface area contributed by atoms with Gasteiger partial charge in [-0.3, -0.25) is 0 Å². The van der Waals surface area contributed by atoms with Crippen LogP contribution in [-0.2, 0) is 4.74 Å². The summed E-state index contributed by atoms with van der Waals surface area (Å²) in [6.07, 6.45) is 2.07. The first-order valence-corrected chi connectivity index (χ1v) is 5.78. The van der Waals surface area contributed by atoms with Crippen LogP contribution < -0.4 is 0 Å². The minimum Gasteiger partial charge on any atom is -0.373 e. The number of rotatable bonds is 2. The zero-order valence-corrected chi connectivity index (χ0v) is 9.21. The lowest BCUT2D eigenvalue weighted by Gasteiger charge is -2.30. The zero-order chi connectivity index (χ0) is 10.7. The van der Waals surface area contributed by atoms with E-state index in [1.807, 2.05) is 6.07 Å². The van der Waals surface area contributed by atoms with Crippen LogP contribution in [0, 0.1) is 11.7 Å². The van der Waals surface area contributed by atoms with Crippen molar-refractivity contribution in [3.63, 3.8) is 0 Å². The largest absolute Gasteiger partial charge is 0.373 e. The van der Waals surface area contributed by atoms with Crippen LogP contribution in [0.5, 0.6) is 0 Å². The van der Waals surface area contributed by atoms with Gasteiger partial charge in [0.1, 0.15) is 5.82 Å². The summed E-state index contributed by atoms with van der Waals surface area (Å²) in [7, 11) is 0. The molecule has 0 radical (unpaired) electrons. The first kappa shape index (κ1) is 10.9. The maximum atomic E-state index is 13.1. The minimum atomic E-state index is -0.213. The van der Waals surface area contributed by atoms with Gasteiger partial charge in [-0.2, -0.15) is 0 Å². The Morgan fingerprint density at radius 2 is 2.33 bits per heavy atom. The standard InChI is InChI=1S/C12H14ClFO/c13-8-10-4-2-6-15-12(10)9-3-1-5-11(14)7-9/h1,3,5,7,10,12H,2,4,6,8H2. The molecule has 1 heterocycles. The van der Waals surface area contributed by atoms with Gasteiger partial charge in [-0.25, -0.2) is 4.39 Å². The summed E-state index contributed by atoms with van der Waals surface area (Å²) in [5.41, 5.74) is 0.903. The topological polar surface area (TPSA) is 9.23 Å². The molecule has 2 rings (SSSR count). The molecule has 0 bridgehead atoms. The fraction of sp³-hybridized carbons (Fsp3) is 0.500.